The molecule has 20 heavy (non-hydrogen) atoms. The first-order valence-corrected chi connectivity index (χ1v) is 8.25. The van der Waals surface area contributed by atoms with Gasteiger partial charge in [0.15, 0.2) is 9.84 Å². The topological polar surface area (TPSA) is 66.4 Å². The van der Waals surface area contributed by atoms with Gasteiger partial charge in [0.05, 0.1) is 17.0 Å². The first kappa shape index (κ1) is 17.1. The minimum atomic E-state index is -3.27. The van der Waals surface area contributed by atoms with Crippen LogP contribution in [0.25, 0.3) is 0 Å². The van der Waals surface area contributed by atoms with E-state index in [1.54, 1.807) is 0 Å². The second-order valence-corrected chi connectivity index (χ2v) is 7.96. The summed E-state index contributed by atoms with van der Waals surface area (Å²) in [4.78, 5) is 0.175. The van der Waals surface area contributed by atoms with Crippen LogP contribution in [0.3, 0.4) is 0 Å². The van der Waals surface area contributed by atoms with Gasteiger partial charge >= 0.3 is 0 Å². The Morgan fingerprint density at radius 1 is 1.25 bits per heavy atom. The van der Waals surface area contributed by atoms with Gasteiger partial charge in [0.2, 0.25) is 0 Å². The van der Waals surface area contributed by atoms with Crippen LogP contribution in [0.1, 0.15) is 32.4 Å². The monoisotopic (exact) mass is 303 g/mol. The van der Waals surface area contributed by atoms with Crippen LogP contribution in [0.15, 0.2) is 29.2 Å². The molecule has 0 radical (unpaired) electrons. The molecule has 0 aliphatic heterocycles. The van der Waals surface area contributed by atoms with E-state index in [1.165, 1.54) is 24.3 Å². The van der Waals surface area contributed by atoms with E-state index in [9.17, 15) is 17.9 Å². The summed E-state index contributed by atoms with van der Waals surface area (Å²) in [5, 5.41) is 13.2. The lowest BCUT2D eigenvalue weighted by molar-refractivity contribution is 0.0980. The van der Waals surface area contributed by atoms with Crippen molar-refractivity contribution in [3.63, 3.8) is 0 Å². The zero-order chi connectivity index (χ0) is 15.6. The van der Waals surface area contributed by atoms with Crippen molar-refractivity contribution >= 4 is 9.84 Å². The molecule has 1 rings (SSSR count). The van der Waals surface area contributed by atoms with Crippen LogP contribution < -0.4 is 5.32 Å². The van der Waals surface area contributed by atoms with Crippen molar-refractivity contribution in [1.82, 2.24) is 5.32 Å². The van der Waals surface area contributed by atoms with Crippen molar-refractivity contribution in [2.45, 2.75) is 43.4 Å². The molecule has 114 valence electrons. The number of aliphatic hydroxyl groups is 1. The van der Waals surface area contributed by atoms with Crippen LogP contribution in [0, 0.1) is 0 Å². The molecular formula is C14H22FNO3S. The molecule has 1 aromatic carbocycles. The molecule has 6 heteroatoms. The summed E-state index contributed by atoms with van der Waals surface area (Å²) >= 11 is 0. The fraction of sp³-hybridized carbons (Fsp3) is 0.571. The maximum Gasteiger partial charge on any atom is 0.175 e. The fourth-order valence-corrected chi connectivity index (χ4v) is 2.53. The molecule has 0 fully saturated rings. The Morgan fingerprint density at radius 3 is 2.10 bits per heavy atom. The Kier molecular flexibility index (Phi) is 5.29. The SMILES string of the molecule is CC(C)(C)N[C@@H](CF)[C@H](O)c1ccc(S(C)(=O)=O)cc1. The second-order valence-electron chi connectivity index (χ2n) is 5.94. The maximum absolute atomic E-state index is 13.1. The molecule has 0 aromatic heterocycles. The van der Waals surface area contributed by atoms with E-state index < -0.39 is 28.7 Å². The molecule has 0 amide bonds. The highest BCUT2D eigenvalue weighted by atomic mass is 32.2. The average Bonchev–Trinajstić information content (AvgIpc) is 2.33. The quantitative estimate of drug-likeness (QED) is 0.871. The highest BCUT2D eigenvalue weighted by molar-refractivity contribution is 7.90. The Labute approximate surface area is 119 Å². The zero-order valence-corrected chi connectivity index (χ0v) is 13.0. The number of sulfone groups is 1. The molecule has 0 saturated heterocycles. The van der Waals surface area contributed by atoms with E-state index in [0.29, 0.717) is 5.56 Å². The zero-order valence-electron chi connectivity index (χ0n) is 12.2. The van der Waals surface area contributed by atoms with Gasteiger partial charge in [-0.05, 0) is 38.5 Å². The first-order chi connectivity index (χ1) is 9.04. The normalized spacial score (nSPS) is 15.9. The predicted octanol–water partition coefficient (Wildman–Crippen LogP) is 1.85. The van der Waals surface area contributed by atoms with Crippen LogP contribution in [0.2, 0.25) is 0 Å². The maximum atomic E-state index is 13.1. The van der Waals surface area contributed by atoms with Gasteiger partial charge in [-0.15, -0.1) is 0 Å². The fourth-order valence-electron chi connectivity index (χ4n) is 1.90. The molecular weight excluding hydrogens is 281 g/mol. The number of alkyl halides is 1. The third-order valence-electron chi connectivity index (χ3n) is 2.82. The van der Waals surface area contributed by atoms with E-state index in [2.05, 4.69) is 5.32 Å². The van der Waals surface area contributed by atoms with Gasteiger partial charge in [-0.3, -0.25) is 0 Å². The Bertz CT molecular complexity index is 535. The van der Waals surface area contributed by atoms with Crippen LogP contribution in [0.4, 0.5) is 4.39 Å². The van der Waals surface area contributed by atoms with Crippen molar-refractivity contribution in [3.8, 4) is 0 Å². The van der Waals surface area contributed by atoms with Crippen molar-refractivity contribution in [2.24, 2.45) is 0 Å². The lowest BCUT2D eigenvalue weighted by Crippen LogP contribution is -2.47. The summed E-state index contributed by atoms with van der Waals surface area (Å²) in [6, 6.07) is 5.11. The molecule has 2 atom stereocenters. The van der Waals surface area contributed by atoms with Gasteiger partial charge in [0.25, 0.3) is 0 Å². The van der Waals surface area contributed by atoms with Gasteiger partial charge in [-0.1, -0.05) is 12.1 Å². The number of benzene rings is 1. The number of halogens is 1. The van der Waals surface area contributed by atoms with E-state index in [-0.39, 0.29) is 10.4 Å². The third-order valence-corrected chi connectivity index (χ3v) is 3.94. The summed E-state index contributed by atoms with van der Waals surface area (Å²) in [5.74, 6) is 0. The standard InChI is InChI=1S/C14H22FNO3S/c1-14(2,3)16-12(9-15)13(17)10-5-7-11(8-6-10)20(4,18)19/h5-8,12-13,16-17H,9H2,1-4H3/t12-,13+/m0/s1. The number of aliphatic hydroxyl groups excluding tert-OH is 1. The minimum Gasteiger partial charge on any atom is -0.387 e. The van der Waals surface area contributed by atoms with E-state index in [4.69, 9.17) is 0 Å². The van der Waals surface area contributed by atoms with Crippen molar-refractivity contribution in [2.75, 3.05) is 12.9 Å². The molecule has 0 aliphatic rings. The number of hydrogen-bond donors (Lipinski definition) is 2. The van der Waals surface area contributed by atoms with Crippen molar-refractivity contribution < 1.29 is 17.9 Å². The Balaban J connectivity index is 2.93. The molecule has 0 heterocycles. The molecule has 2 N–H and O–H groups in total. The Morgan fingerprint density at radius 2 is 1.75 bits per heavy atom. The molecule has 0 saturated carbocycles. The first-order valence-electron chi connectivity index (χ1n) is 6.36. The van der Waals surface area contributed by atoms with Crippen LogP contribution in [-0.2, 0) is 9.84 Å². The van der Waals surface area contributed by atoms with E-state index >= 15 is 0 Å². The highest BCUT2D eigenvalue weighted by Crippen LogP contribution is 2.21. The lowest BCUT2D eigenvalue weighted by Gasteiger charge is -2.30. The minimum absolute atomic E-state index is 0.175. The summed E-state index contributed by atoms with van der Waals surface area (Å²) in [5.41, 5.74) is 0.154. The highest BCUT2D eigenvalue weighted by Gasteiger charge is 2.25. The molecule has 0 bridgehead atoms. The van der Waals surface area contributed by atoms with Gasteiger partial charge in [0.1, 0.15) is 6.67 Å². The second kappa shape index (κ2) is 6.20. The molecule has 4 nitrogen and oxygen atoms in total. The number of rotatable bonds is 5. The van der Waals surface area contributed by atoms with Crippen molar-refractivity contribution in [1.29, 1.82) is 0 Å². The van der Waals surface area contributed by atoms with Gasteiger partial charge in [0, 0.05) is 11.8 Å². The van der Waals surface area contributed by atoms with Crippen LogP contribution >= 0.6 is 0 Å². The lowest BCUT2D eigenvalue weighted by atomic mass is 9.99. The van der Waals surface area contributed by atoms with Gasteiger partial charge < -0.3 is 10.4 Å². The van der Waals surface area contributed by atoms with Gasteiger partial charge in [-0.25, -0.2) is 12.8 Å². The summed E-state index contributed by atoms with van der Waals surface area (Å²) in [6.07, 6.45) is 0.0806. The number of nitrogens with one attached hydrogen (secondary N) is 1. The van der Waals surface area contributed by atoms with Crippen LogP contribution in [0.5, 0.6) is 0 Å². The smallest absolute Gasteiger partial charge is 0.175 e. The predicted molar refractivity (Wildman–Crippen MR) is 77.2 cm³/mol. The summed E-state index contributed by atoms with van der Waals surface area (Å²) in [7, 11) is -3.27. The van der Waals surface area contributed by atoms with E-state index in [0.717, 1.165) is 6.26 Å². The average molecular weight is 303 g/mol. The molecule has 0 unspecified atom stereocenters. The summed E-state index contributed by atoms with van der Waals surface area (Å²) < 4.78 is 35.8. The Hall–Kier alpha value is -0.980. The third kappa shape index (κ3) is 4.85. The van der Waals surface area contributed by atoms with Gasteiger partial charge in [-0.2, -0.15) is 0 Å². The molecule has 0 aliphatic carbocycles. The largest absolute Gasteiger partial charge is 0.387 e. The van der Waals surface area contributed by atoms with E-state index in [1.807, 2.05) is 20.8 Å². The summed E-state index contributed by atoms with van der Waals surface area (Å²) in [6.45, 7) is 4.94. The molecule has 1 aromatic rings. The molecule has 0 spiro atoms. The van der Waals surface area contributed by atoms with Crippen LogP contribution in [-0.4, -0.2) is 38.0 Å². The van der Waals surface area contributed by atoms with Crippen molar-refractivity contribution in [3.05, 3.63) is 29.8 Å². The number of hydrogen-bond acceptors (Lipinski definition) is 4.